The molecule has 1 unspecified atom stereocenters. The van der Waals surface area contributed by atoms with Gasteiger partial charge in [0.1, 0.15) is 0 Å². The van der Waals surface area contributed by atoms with Crippen molar-refractivity contribution in [1.82, 2.24) is 4.72 Å². The number of nitrogens with one attached hydrogen (secondary N) is 1. The zero-order valence-corrected chi connectivity index (χ0v) is 14.0. The van der Waals surface area contributed by atoms with E-state index in [4.69, 9.17) is 5.73 Å². The van der Waals surface area contributed by atoms with Crippen LogP contribution in [0.15, 0.2) is 17.0 Å². The van der Waals surface area contributed by atoms with Gasteiger partial charge in [0, 0.05) is 12.2 Å². The third-order valence-corrected chi connectivity index (χ3v) is 5.70. The van der Waals surface area contributed by atoms with E-state index in [1.807, 2.05) is 13.8 Å². The first-order valence-electron chi connectivity index (χ1n) is 7.27. The molecule has 5 nitrogen and oxygen atoms in total. The average Bonchev–Trinajstić information content (AvgIpc) is 2.42. The summed E-state index contributed by atoms with van der Waals surface area (Å²) < 4.78 is 27.4. The molecule has 0 aromatic heterocycles. The molecule has 1 atom stereocenters. The molecule has 1 aromatic rings. The lowest BCUT2D eigenvalue weighted by atomic mass is 9.97. The Morgan fingerprint density at radius 1 is 1.24 bits per heavy atom. The van der Waals surface area contributed by atoms with E-state index < -0.39 is 16.1 Å². The summed E-state index contributed by atoms with van der Waals surface area (Å²) >= 11 is 0. The molecule has 0 fully saturated rings. The van der Waals surface area contributed by atoms with Gasteiger partial charge in [-0.25, -0.2) is 13.1 Å². The van der Waals surface area contributed by atoms with Gasteiger partial charge in [-0.05, 0) is 37.0 Å². The molecular weight excluding hydrogens is 288 g/mol. The van der Waals surface area contributed by atoms with Gasteiger partial charge in [-0.15, -0.1) is 0 Å². The predicted octanol–water partition coefficient (Wildman–Crippen LogP) is 1.96. The molecule has 0 spiro atoms. The van der Waals surface area contributed by atoms with Gasteiger partial charge < -0.3 is 10.8 Å². The summed E-state index contributed by atoms with van der Waals surface area (Å²) in [6, 6.07) is 3.39. The number of rotatable bonds is 7. The Labute approximate surface area is 127 Å². The van der Waals surface area contributed by atoms with E-state index in [9.17, 15) is 13.5 Å². The number of nitrogen functional groups attached to an aromatic ring is 1. The van der Waals surface area contributed by atoms with Crippen molar-refractivity contribution in [2.24, 2.45) is 5.92 Å². The topological polar surface area (TPSA) is 92.4 Å². The highest BCUT2D eigenvalue weighted by atomic mass is 32.2. The van der Waals surface area contributed by atoms with Gasteiger partial charge in [0.05, 0.1) is 11.0 Å². The average molecular weight is 314 g/mol. The second-order valence-electron chi connectivity index (χ2n) is 5.42. The minimum Gasteiger partial charge on any atom is -0.398 e. The number of hydrogen-bond donors (Lipinski definition) is 3. The first-order valence-corrected chi connectivity index (χ1v) is 8.76. The Morgan fingerprint density at radius 2 is 1.81 bits per heavy atom. The SMILES string of the molecule is CCC(CC)C(O)CNS(=O)(=O)c1c(C)ccc(N)c1C. The summed E-state index contributed by atoms with van der Waals surface area (Å²) in [7, 11) is -3.68. The van der Waals surface area contributed by atoms with Crippen LogP contribution in [0.4, 0.5) is 5.69 Å². The van der Waals surface area contributed by atoms with Crippen LogP contribution in [0.5, 0.6) is 0 Å². The van der Waals surface area contributed by atoms with Gasteiger partial charge in [-0.2, -0.15) is 0 Å². The monoisotopic (exact) mass is 314 g/mol. The van der Waals surface area contributed by atoms with Crippen molar-refractivity contribution in [1.29, 1.82) is 0 Å². The number of benzene rings is 1. The standard InChI is InChI=1S/C15H26N2O3S/c1-5-12(6-2)14(18)9-17-21(19,20)15-10(3)7-8-13(16)11(15)4/h7-8,12,14,17-18H,5-6,9,16H2,1-4H3. The fraction of sp³-hybridized carbons (Fsp3) is 0.600. The number of aliphatic hydroxyl groups excluding tert-OH is 1. The minimum absolute atomic E-state index is 0.0162. The first-order chi connectivity index (χ1) is 9.74. The molecule has 1 rings (SSSR count). The highest BCUT2D eigenvalue weighted by Gasteiger charge is 2.23. The van der Waals surface area contributed by atoms with Gasteiger partial charge in [-0.3, -0.25) is 0 Å². The van der Waals surface area contributed by atoms with Crippen LogP contribution in [0.25, 0.3) is 0 Å². The normalized spacial score (nSPS) is 13.6. The maximum atomic E-state index is 12.5. The lowest BCUT2D eigenvalue weighted by molar-refractivity contribution is 0.107. The molecule has 6 heteroatoms. The van der Waals surface area contributed by atoms with Crippen LogP contribution >= 0.6 is 0 Å². The van der Waals surface area contributed by atoms with E-state index in [0.29, 0.717) is 16.8 Å². The summed E-state index contributed by atoms with van der Waals surface area (Å²) in [4.78, 5) is 0.208. The van der Waals surface area contributed by atoms with E-state index in [-0.39, 0.29) is 17.4 Å². The van der Waals surface area contributed by atoms with Crippen molar-refractivity contribution in [3.05, 3.63) is 23.3 Å². The van der Waals surface area contributed by atoms with Crippen LogP contribution < -0.4 is 10.5 Å². The van der Waals surface area contributed by atoms with E-state index >= 15 is 0 Å². The summed E-state index contributed by atoms with van der Waals surface area (Å²) in [6.45, 7) is 7.41. The molecular formula is C15H26N2O3S. The highest BCUT2D eigenvalue weighted by Crippen LogP contribution is 2.24. The maximum Gasteiger partial charge on any atom is 0.241 e. The van der Waals surface area contributed by atoms with Crippen LogP contribution in [0.3, 0.4) is 0 Å². The highest BCUT2D eigenvalue weighted by molar-refractivity contribution is 7.89. The second kappa shape index (κ2) is 7.24. The molecule has 0 saturated heterocycles. The molecule has 1 aromatic carbocycles. The number of hydrogen-bond acceptors (Lipinski definition) is 4. The lowest BCUT2D eigenvalue weighted by Crippen LogP contribution is -2.36. The van der Waals surface area contributed by atoms with Gasteiger partial charge in [0.2, 0.25) is 10.0 Å². The van der Waals surface area contributed by atoms with Gasteiger partial charge >= 0.3 is 0 Å². The molecule has 0 amide bonds. The second-order valence-corrected chi connectivity index (χ2v) is 7.13. The number of nitrogens with two attached hydrogens (primary N) is 1. The van der Waals surface area contributed by atoms with E-state index in [2.05, 4.69) is 4.72 Å². The number of aliphatic hydroxyl groups is 1. The number of aryl methyl sites for hydroxylation is 1. The third kappa shape index (κ3) is 4.18. The van der Waals surface area contributed by atoms with E-state index in [1.54, 1.807) is 26.0 Å². The molecule has 0 radical (unpaired) electrons. The van der Waals surface area contributed by atoms with Crippen molar-refractivity contribution in [2.45, 2.75) is 51.5 Å². The van der Waals surface area contributed by atoms with Crippen LogP contribution in [-0.2, 0) is 10.0 Å². The maximum absolute atomic E-state index is 12.5. The molecule has 0 aliphatic heterocycles. The molecule has 0 aliphatic carbocycles. The van der Waals surface area contributed by atoms with Gasteiger partial charge in [0.25, 0.3) is 0 Å². The smallest absolute Gasteiger partial charge is 0.241 e. The molecule has 0 bridgehead atoms. The number of anilines is 1. The van der Waals surface area contributed by atoms with E-state index in [0.717, 1.165) is 12.8 Å². The molecule has 0 heterocycles. The van der Waals surface area contributed by atoms with Crippen molar-refractivity contribution < 1.29 is 13.5 Å². The zero-order valence-electron chi connectivity index (χ0n) is 13.2. The Kier molecular flexibility index (Phi) is 6.19. The Hall–Kier alpha value is -1.11. The Morgan fingerprint density at radius 3 is 2.33 bits per heavy atom. The van der Waals surface area contributed by atoms with Crippen molar-refractivity contribution >= 4 is 15.7 Å². The third-order valence-electron chi connectivity index (χ3n) is 3.99. The zero-order chi connectivity index (χ0) is 16.2. The summed E-state index contributed by atoms with van der Waals surface area (Å²) in [5, 5.41) is 10.1. The number of sulfonamides is 1. The lowest BCUT2D eigenvalue weighted by Gasteiger charge is -2.21. The fourth-order valence-corrected chi connectivity index (χ4v) is 4.07. The predicted molar refractivity (Wildman–Crippen MR) is 85.6 cm³/mol. The summed E-state index contributed by atoms with van der Waals surface area (Å²) in [5.74, 6) is 0.0933. The van der Waals surface area contributed by atoms with Crippen LogP contribution in [0.2, 0.25) is 0 Å². The Balaban J connectivity index is 2.96. The van der Waals surface area contributed by atoms with Crippen LogP contribution in [0, 0.1) is 19.8 Å². The van der Waals surface area contributed by atoms with Crippen LogP contribution in [-0.4, -0.2) is 26.2 Å². The quantitative estimate of drug-likeness (QED) is 0.671. The minimum atomic E-state index is -3.68. The van der Waals surface area contributed by atoms with E-state index in [1.165, 1.54) is 0 Å². The van der Waals surface area contributed by atoms with Crippen molar-refractivity contribution in [3.8, 4) is 0 Å². The van der Waals surface area contributed by atoms with Gasteiger partial charge in [0.15, 0.2) is 0 Å². The largest absolute Gasteiger partial charge is 0.398 e. The molecule has 0 aliphatic rings. The molecule has 0 saturated carbocycles. The molecule has 120 valence electrons. The van der Waals surface area contributed by atoms with Crippen molar-refractivity contribution in [3.63, 3.8) is 0 Å². The fourth-order valence-electron chi connectivity index (χ4n) is 2.52. The Bertz CT molecular complexity index is 581. The van der Waals surface area contributed by atoms with Gasteiger partial charge in [-0.1, -0.05) is 32.8 Å². The van der Waals surface area contributed by atoms with Crippen molar-refractivity contribution in [2.75, 3.05) is 12.3 Å². The molecule has 21 heavy (non-hydrogen) atoms. The van der Waals surface area contributed by atoms with Crippen LogP contribution in [0.1, 0.15) is 37.8 Å². The summed E-state index contributed by atoms with van der Waals surface area (Å²) in [6.07, 6.45) is 0.947. The first kappa shape index (κ1) is 17.9. The summed E-state index contributed by atoms with van der Waals surface area (Å²) in [5.41, 5.74) is 7.42. The molecule has 4 N–H and O–H groups in total.